The van der Waals surface area contributed by atoms with Crippen LogP contribution in [0.15, 0.2) is 71.8 Å². The predicted molar refractivity (Wildman–Crippen MR) is 128 cm³/mol. The molecule has 7 heteroatoms. The molecule has 5 aromatic rings. The molecule has 0 aliphatic heterocycles. The summed E-state index contributed by atoms with van der Waals surface area (Å²) in [4.78, 5) is 0. The van der Waals surface area contributed by atoms with E-state index in [1.807, 2.05) is 30.5 Å². The summed E-state index contributed by atoms with van der Waals surface area (Å²) in [6.07, 6.45) is 1.82. The summed E-state index contributed by atoms with van der Waals surface area (Å²) in [5.41, 5.74) is 4.36. The second kappa shape index (κ2) is 7.85. The van der Waals surface area contributed by atoms with Crippen molar-refractivity contribution in [3.63, 3.8) is 0 Å². The van der Waals surface area contributed by atoms with Gasteiger partial charge in [-0.05, 0) is 67.2 Å². The average molecular weight is 428 g/mol. The zero-order valence-corrected chi connectivity index (χ0v) is 18.1. The first-order valence-corrected chi connectivity index (χ1v) is 10.5. The minimum absolute atomic E-state index is 0.436. The number of para-hydroxylation sites is 1. The number of fused-ring (bicyclic) bond motifs is 3. The summed E-state index contributed by atoms with van der Waals surface area (Å²) in [5.74, 6) is 1.43. The van der Waals surface area contributed by atoms with E-state index in [0.717, 1.165) is 23.4 Å². The molecule has 2 heterocycles. The number of aromatic nitrogens is 4. The van der Waals surface area contributed by atoms with Gasteiger partial charge in [0.1, 0.15) is 5.75 Å². The quantitative estimate of drug-likeness (QED) is 0.292. The number of nitrogens with zero attached hydrogens (tertiary/aromatic N) is 4. The Morgan fingerprint density at radius 1 is 1.03 bits per heavy atom. The maximum Gasteiger partial charge on any atom is 0.216 e. The molecule has 0 unspecified atom stereocenters. The lowest BCUT2D eigenvalue weighted by molar-refractivity contribution is 0.415. The van der Waals surface area contributed by atoms with Crippen molar-refractivity contribution >= 4 is 40.2 Å². The highest BCUT2D eigenvalue weighted by Crippen LogP contribution is 2.29. The monoisotopic (exact) mass is 427 g/mol. The molecule has 154 valence electrons. The van der Waals surface area contributed by atoms with Crippen LogP contribution < -0.4 is 4.74 Å². The zero-order chi connectivity index (χ0) is 21.4. The van der Waals surface area contributed by atoms with Gasteiger partial charge in [-0.25, -0.2) is 5.10 Å². The number of H-pyrrole nitrogens is 1. The summed E-state index contributed by atoms with van der Waals surface area (Å²) in [6, 6.07) is 22.5. The number of benzene rings is 3. The SMILES string of the molecule is CCn1c2ccccc2c2cc(/C=N/n3c(-c4ccc(OC)cc4)n[nH]c3=S)ccc21. The van der Waals surface area contributed by atoms with Crippen LogP contribution in [0.1, 0.15) is 12.5 Å². The molecular formula is C24H21N5OS. The first-order valence-electron chi connectivity index (χ1n) is 10.1. The van der Waals surface area contributed by atoms with E-state index in [1.54, 1.807) is 11.8 Å². The molecule has 0 amide bonds. The smallest absolute Gasteiger partial charge is 0.216 e. The van der Waals surface area contributed by atoms with Gasteiger partial charge in [-0.1, -0.05) is 24.3 Å². The molecule has 6 nitrogen and oxygen atoms in total. The van der Waals surface area contributed by atoms with Crippen molar-refractivity contribution in [2.45, 2.75) is 13.5 Å². The third-order valence-corrected chi connectivity index (χ3v) is 5.70. The van der Waals surface area contributed by atoms with E-state index in [9.17, 15) is 0 Å². The summed E-state index contributed by atoms with van der Waals surface area (Å²) >= 11 is 5.40. The number of aryl methyl sites for hydroxylation is 1. The second-order valence-electron chi connectivity index (χ2n) is 7.18. The van der Waals surface area contributed by atoms with Crippen molar-refractivity contribution in [2.24, 2.45) is 5.10 Å². The normalized spacial score (nSPS) is 11.7. The van der Waals surface area contributed by atoms with Crippen LogP contribution in [0, 0.1) is 4.77 Å². The Bertz CT molecular complexity index is 1470. The molecular weight excluding hydrogens is 406 g/mol. The van der Waals surface area contributed by atoms with Crippen LogP contribution in [0.4, 0.5) is 0 Å². The molecule has 0 saturated carbocycles. The Kier molecular flexibility index (Phi) is 4.88. The van der Waals surface area contributed by atoms with Crippen molar-refractivity contribution < 1.29 is 4.74 Å². The second-order valence-corrected chi connectivity index (χ2v) is 7.56. The van der Waals surface area contributed by atoms with Crippen LogP contribution in [-0.4, -0.2) is 32.8 Å². The zero-order valence-electron chi connectivity index (χ0n) is 17.2. The molecule has 0 aliphatic rings. The van der Waals surface area contributed by atoms with Gasteiger partial charge in [0.2, 0.25) is 4.77 Å². The third kappa shape index (κ3) is 3.33. The number of methoxy groups -OCH3 is 1. The van der Waals surface area contributed by atoms with Crippen LogP contribution >= 0.6 is 12.2 Å². The maximum absolute atomic E-state index is 5.40. The van der Waals surface area contributed by atoms with Gasteiger partial charge in [0.15, 0.2) is 5.82 Å². The molecule has 2 aromatic heterocycles. The van der Waals surface area contributed by atoms with Crippen molar-refractivity contribution in [3.8, 4) is 17.1 Å². The van der Waals surface area contributed by atoms with Crippen molar-refractivity contribution in [1.29, 1.82) is 0 Å². The predicted octanol–water partition coefficient (Wildman–Crippen LogP) is 5.63. The van der Waals surface area contributed by atoms with Gasteiger partial charge in [0, 0.05) is 33.9 Å². The molecule has 1 N–H and O–H groups in total. The highest BCUT2D eigenvalue weighted by molar-refractivity contribution is 7.71. The highest BCUT2D eigenvalue weighted by Gasteiger charge is 2.10. The van der Waals surface area contributed by atoms with Gasteiger partial charge < -0.3 is 9.30 Å². The number of hydrogen-bond acceptors (Lipinski definition) is 4. The Labute approximate surface area is 184 Å². The van der Waals surface area contributed by atoms with Crippen LogP contribution in [0.25, 0.3) is 33.2 Å². The summed E-state index contributed by atoms with van der Waals surface area (Å²) in [6.45, 7) is 3.09. The number of rotatable bonds is 5. The molecule has 0 atom stereocenters. The van der Waals surface area contributed by atoms with E-state index in [0.29, 0.717) is 10.6 Å². The number of nitrogens with one attached hydrogen (secondary N) is 1. The van der Waals surface area contributed by atoms with Gasteiger partial charge in [0.05, 0.1) is 13.3 Å². The Balaban J connectivity index is 1.56. The average Bonchev–Trinajstić information content (AvgIpc) is 3.34. The number of hydrogen-bond donors (Lipinski definition) is 1. The molecule has 0 radical (unpaired) electrons. The molecule has 0 aliphatic carbocycles. The van der Waals surface area contributed by atoms with Gasteiger partial charge in [0.25, 0.3) is 0 Å². The van der Waals surface area contributed by atoms with Crippen molar-refractivity contribution in [2.75, 3.05) is 7.11 Å². The Morgan fingerprint density at radius 2 is 1.81 bits per heavy atom. The summed E-state index contributed by atoms with van der Waals surface area (Å²) < 4.78 is 9.64. The molecule has 5 rings (SSSR count). The third-order valence-electron chi connectivity index (χ3n) is 5.43. The van der Waals surface area contributed by atoms with E-state index >= 15 is 0 Å². The Morgan fingerprint density at radius 3 is 2.58 bits per heavy atom. The lowest BCUT2D eigenvalue weighted by atomic mass is 10.1. The van der Waals surface area contributed by atoms with Crippen molar-refractivity contribution in [1.82, 2.24) is 19.4 Å². The first-order chi connectivity index (χ1) is 15.2. The van der Waals surface area contributed by atoms with Gasteiger partial charge in [-0.3, -0.25) is 0 Å². The topological polar surface area (TPSA) is 60.1 Å². The lowest BCUT2D eigenvalue weighted by Gasteiger charge is -2.04. The van der Waals surface area contributed by atoms with E-state index in [-0.39, 0.29) is 0 Å². The fraction of sp³-hybridized carbons (Fsp3) is 0.125. The van der Waals surface area contributed by atoms with Crippen LogP contribution in [0.5, 0.6) is 5.75 Å². The van der Waals surface area contributed by atoms with Gasteiger partial charge in [-0.2, -0.15) is 14.9 Å². The highest BCUT2D eigenvalue weighted by atomic mass is 32.1. The van der Waals surface area contributed by atoms with E-state index in [2.05, 4.69) is 69.3 Å². The summed E-state index contributed by atoms with van der Waals surface area (Å²) in [5, 5.41) is 14.3. The fourth-order valence-electron chi connectivity index (χ4n) is 3.94. The van der Waals surface area contributed by atoms with Crippen LogP contribution in [-0.2, 0) is 6.54 Å². The van der Waals surface area contributed by atoms with Gasteiger partial charge >= 0.3 is 0 Å². The van der Waals surface area contributed by atoms with Gasteiger partial charge in [-0.15, -0.1) is 0 Å². The van der Waals surface area contributed by atoms with E-state index in [1.165, 1.54) is 21.8 Å². The Hall–Kier alpha value is -3.71. The van der Waals surface area contributed by atoms with Crippen LogP contribution in [0.3, 0.4) is 0 Å². The minimum atomic E-state index is 0.436. The number of aromatic amines is 1. The molecule has 0 saturated heterocycles. The molecule has 0 fully saturated rings. The maximum atomic E-state index is 5.40. The lowest BCUT2D eigenvalue weighted by Crippen LogP contribution is -1.96. The largest absolute Gasteiger partial charge is 0.497 e. The minimum Gasteiger partial charge on any atom is -0.497 e. The molecule has 0 bridgehead atoms. The van der Waals surface area contributed by atoms with E-state index in [4.69, 9.17) is 17.0 Å². The molecule has 0 spiro atoms. The van der Waals surface area contributed by atoms with Crippen molar-refractivity contribution in [3.05, 3.63) is 77.1 Å². The summed E-state index contributed by atoms with van der Waals surface area (Å²) in [7, 11) is 1.64. The first kappa shape index (κ1) is 19.3. The fourth-order valence-corrected chi connectivity index (χ4v) is 4.12. The number of ether oxygens (including phenoxy) is 1. The molecule has 31 heavy (non-hydrogen) atoms. The van der Waals surface area contributed by atoms with E-state index < -0.39 is 0 Å². The standard InChI is InChI=1S/C24H21N5OS/c1-3-28-21-7-5-4-6-19(21)20-14-16(8-13-22(20)28)15-25-29-23(26-27-24(29)31)17-9-11-18(30-2)12-10-17/h4-15H,3H2,1-2H3,(H,27,31)/b25-15+. The van der Waals surface area contributed by atoms with Crippen LogP contribution in [0.2, 0.25) is 0 Å². The molecule has 3 aromatic carbocycles.